The van der Waals surface area contributed by atoms with Crippen molar-refractivity contribution in [3.05, 3.63) is 54.6 Å². The Kier molecular flexibility index (Phi) is 4.00. The Morgan fingerprint density at radius 1 is 1.32 bits per heavy atom. The molecule has 19 heavy (non-hydrogen) atoms. The minimum absolute atomic E-state index is 0.00916. The van der Waals surface area contributed by atoms with E-state index in [1.807, 2.05) is 43.3 Å². The first-order valence-corrected chi connectivity index (χ1v) is 6.51. The maximum atomic E-state index is 12.3. The molecular weight excluding hydrogens is 236 g/mol. The zero-order valence-electron chi connectivity index (χ0n) is 11.1. The quantitative estimate of drug-likeness (QED) is 0.637. The fourth-order valence-electron chi connectivity index (χ4n) is 2.22. The molecule has 0 heterocycles. The van der Waals surface area contributed by atoms with Gasteiger partial charge in [-0.05, 0) is 24.3 Å². The molecule has 1 unspecified atom stereocenters. The first-order chi connectivity index (χ1) is 9.15. The Morgan fingerprint density at radius 3 is 2.79 bits per heavy atom. The van der Waals surface area contributed by atoms with Crippen LogP contribution in [0, 0.1) is 5.92 Å². The van der Waals surface area contributed by atoms with Crippen molar-refractivity contribution in [2.75, 3.05) is 0 Å². The minimum Gasteiger partial charge on any atom is -0.507 e. The predicted octanol–water partition coefficient (Wildman–Crippen LogP) is 4.33. The topological polar surface area (TPSA) is 37.3 Å². The van der Waals surface area contributed by atoms with Gasteiger partial charge in [-0.3, -0.25) is 4.79 Å². The number of carbonyl (C=O) groups is 1. The van der Waals surface area contributed by atoms with Crippen molar-refractivity contribution in [2.45, 2.75) is 19.8 Å². The Bertz CT molecular complexity index is 614. The molecule has 0 aliphatic heterocycles. The summed E-state index contributed by atoms with van der Waals surface area (Å²) in [5.74, 6) is -0.0243. The number of rotatable bonds is 5. The van der Waals surface area contributed by atoms with E-state index >= 15 is 0 Å². The fourth-order valence-corrected chi connectivity index (χ4v) is 2.22. The van der Waals surface area contributed by atoms with Crippen LogP contribution in [0.4, 0.5) is 0 Å². The molecule has 2 aromatic rings. The van der Waals surface area contributed by atoms with Gasteiger partial charge in [0.25, 0.3) is 0 Å². The van der Waals surface area contributed by atoms with Crippen LogP contribution in [0.5, 0.6) is 5.75 Å². The van der Waals surface area contributed by atoms with Crippen molar-refractivity contribution in [2.24, 2.45) is 5.92 Å². The van der Waals surface area contributed by atoms with E-state index in [1.54, 1.807) is 6.07 Å². The average Bonchev–Trinajstić information content (AvgIpc) is 2.44. The normalized spacial score (nSPS) is 12.3. The lowest BCUT2D eigenvalue weighted by atomic mass is 9.93. The van der Waals surface area contributed by atoms with Gasteiger partial charge in [0.15, 0.2) is 5.78 Å². The molecule has 98 valence electrons. The number of benzene rings is 2. The molecule has 2 nitrogen and oxygen atoms in total. The van der Waals surface area contributed by atoms with Crippen molar-refractivity contribution in [3.63, 3.8) is 0 Å². The second-order valence-corrected chi connectivity index (χ2v) is 4.81. The van der Waals surface area contributed by atoms with Gasteiger partial charge >= 0.3 is 0 Å². The van der Waals surface area contributed by atoms with E-state index in [1.165, 1.54) is 0 Å². The third-order valence-corrected chi connectivity index (χ3v) is 3.42. The molecule has 0 fully saturated rings. The third kappa shape index (κ3) is 2.68. The van der Waals surface area contributed by atoms with Gasteiger partial charge in [0.1, 0.15) is 5.75 Å². The summed E-state index contributed by atoms with van der Waals surface area (Å²) in [6.45, 7) is 5.55. The number of hydrogen-bond acceptors (Lipinski definition) is 2. The van der Waals surface area contributed by atoms with Crippen molar-refractivity contribution >= 4 is 16.6 Å². The van der Waals surface area contributed by atoms with Crippen LogP contribution in [0.25, 0.3) is 10.8 Å². The van der Waals surface area contributed by atoms with Gasteiger partial charge in [0.05, 0.1) is 5.56 Å². The number of fused-ring (bicyclic) bond motifs is 1. The Labute approximate surface area is 113 Å². The summed E-state index contributed by atoms with van der Waals surface area (Å²) in [6.07, 6.45) is 3.37. The number of ketones is 1. The lowest BCUT2D eigenvalue weighted by Gasteiger charge is -2.12. The lowest BCUT2D eigenvalue weighted by Crippen LogP contribution is -2.11. The number of phenolic OH excluding ortho intramolecular Hbond substituents is 1. The van der Waals surface area contributed by atoms with Gasteiger partial charge in [0.2, 0.25) is 0 Å². The minimum atomic E-state index is -0.106. The molecule has 0 aromatic heterocycles. The molecule has 0 saturated heterocycles. The number of carbonyl (C=O) groups excluding carboxylic acids is 1. The molecule has 0 aliphatic carbocycles. The second kappa shape index (κ2) is 5.70. The summed E-state index contributed by atoms with van der Waals surface area (Å²) in [6, 6.07) is 11.1. The summed E-state index contributed by atoms with van der Waals surface area (Å²) < 4.78 is 0. The van der Waals surface area contributed by atoms with Crippen LogP contribution in [0.1, 0.15) is 30.1 Å². The molecule has 2 rings (SSSR count). The molecule has 2 heteroatoms. The molecule has 0 amide bonds. The Hall–Kier alpha value is -2.09. The lowest BCUT2D eigenvalue weighted by molar-refractivity contribution is 0.0922. The van der Waals surface area contributed by atoms with Gasteiger partial charge in [-0.15, -0.1) is 6.58 Å². The van der Waals surface area contributed by atoms with Gasteiger partial charge in [-0.1, -0.05) is 43.3 Å². The number of aromatic hydroxyl groups is 1. The number of phenols is 1. The van der Waals surface area contributed by atoms with E-state index in [2.05, 4.69) is 6.58 Å². The van der Waals surface area contributed by atoms with E-state index in [4.69, 9.17) is 0 Å². The van der Waals surface area contributed by atoms with Crippen LogP contribution in [0.2, 0.25) is 0 Å². The first kappa shape index (κ1) is 13.3. The van der Waals surface area contributed by atoms with E-state index in [0.29, 0.717) is 5.56 Å². The molecule has 1 atom stereocenters. The maximum Gasteiger partial charge on any atom is 0.169 e. The molecular formula is C17H18O2. The predicted molar refractivity (Wildman–Crippen MR) is 78.5 cm³/mol. The van der Waals surface area contributed by atoms with E-state index in [0.717, 1.165) is 23.6 Å². The highest BCUT2D eigenvalue weighted by Gasteiger charge is 2.19. The number of Topliss-reactive ketones (excluding diaryl/α,β-unsaturated/α-hetero) is 1. The van der Waals surface area contributed by atoms with Crippen LogP contribution < -0.4 is 0 Å². The van der Waals surface area contributed by atoms with Crippen LogP contribution in [0.15, 0.2) is 49.1 Å². The van der Waals surface area contributed by atoms with Gasteiger partial charge in [-0.2, -0.15) is 0 Å². The summed E-state index contributed by atoms with van der Waals surface area (Å²) in [5.41, 5.74) is 0.412. The monoisotopic (exact) mass is 254 g/mol. The van der Waals surface area contributed by atoms with E-state index in [9.17, 15) is 9.90 Å². The van der Waals surface area contributed by atoms with Crippen molar-refractivity contribution in [1.82, 2.24) is 0 Å². The molecule has 2 aromatic carbocycles. The highest BCUT2D eigenvalue weighted by molar-refractivity contribution is 6.05. The molecule has 0 radical (unpaired) electrons. The number of allylic oxidation sites excluding steroid dienone is 1. The SMILES string of the molecule is C=CCCC(C)C(=O)c1ccc2ccccc2c1O. The van der Waals surface area contributed by atoms with Crippen molar-refractivity contribution < 1.29 is 9.90 Å². The highest BCUT2D eigenvalue weighted by atomic mass is 16.3. The molecule has 0 aliphatic rings. The van der Waals surface area contributed by atoms with Crippen LogP contribution in [0.3, 0.4) is 0 Å². The first-order valence-electron chi connectivity index (χ1n) is 6.51. The Morgan fingerprint density at radius 2 is 2.05 bits per heavy atom. The zero-order chi connectivity index (χ0) is 13.8. The van der Waals surface area contributed by atoms with Gasteiger partial charge in [0, 0.05) is 11.3 Å². The smallest absolute Gasteiger partial charge is 0.169 e. The Balaban J connectivity index is 2.37. The second-order valence-electron chi connectivity index (χ2n) is 4.81. The third-order valence-electron chi connectivity index (χ3n) is 3.42. The summed E-state index contributed by atoms with van der Waals surface area (Å²) in [5, 5.41) is 11.9. The molecule has 0 spiro atoms. The largest absolute Gasteiger partial charge is 0.507 e. The van der Waals surface area contributed by atoms with Crippen LogP contribution in [-0.4, -0.2) is 10.9 Å². The standard InChI is InChI=1S/C17H18O2/c1-3-4-7-12(2)16(18)15-11-10-13-8-5-6-9-14(13)17(15)19/h3,5-6,8-12,19H,1,4,7H2,2H3. The highest BCUT2D eigenvalue weighted by Crippen LogP contribution is 2.30. The zero-order valence-corrected chi connectivity index (χ0v) is 11.1. The maximum absolute atomic E-state index is 12.3. The summed E-state index contributed by atoms with van der Waals surface area (Å²) >= 11 is 0. The molecule has 0 saturated carbocycles. The molecule has 0 bridgehead atoms. The van der Waals surface area contributed by atoms with Crippen LogP contribution >= 0.6 is 0 Å². The van der Waals surface area contributed by atoms with E-state index < -0.39 is 0 Å². The molecule has 1 N–H and O–H groups in total. The fraction of sp³-hybridized carbons (Fsp3) is 0.235. The summed E-state index contributed by atoms with van der Waals surface area (Å²) in [7, 11) is 0. The number of hydrogen-bond donors (Lipinski definition) is 1. The van der Waals surface area contributed by atoms with Gasteiger partial charge < -0.3 is 5.11 Å². The van der Waals surface area contributed by atoms with Crippen molar-refractivity contribution in [3.8, 4) is 5.75 Å². The van der Waals surface area contributed by atoms with E-state index in [-0.39, 0.29) is 17.5 Å². The van der Waals surface area contributed by atoms with Gasteiger partial charge in [-0.25, -0.2) is 0 Å². The van der Waals surface area contributed by atoms with Crippen LogP contribution in [-0.2, 0) is 0 Å². The van der Waals surface area contributed by atoms with Crippen molar-refractivity contribution in [1.29, 1.82) is 0 Å². The average molecular weight is 254 g/mol. The summed E-state index contributed by atoms with van der Waals surface area (Å²) in [4.78, 5) is 12.3.